The van der Waals surface area contributed by atoms with Crippen molar-refractivity contribution in [2.45, 2.75) is 97.2 Å². The smallest absolute Gasteiger partial charge is 0.407 e. The van der Waals surface area contributed by atoms with E-state index in [1.807, 2.05) is 0 Å². The lowest BCUT2D eigenvalue weighted by Gasteiger charge is -2.25. The predicted molar refractivity (Wildman–Crippen MR) is 190 cm³/mol. The van der Waals surface area contributed by atoms with Gasteiger partial charge in [0.15, 0.2) is 0 Å². The largest absolute Gasteiger partial charge is 0.445 e. The minimum absolute atomic E-state index is 0.0438. The minimum atomic E-state index is -0.977. The van der Waals surface area contributed by atoms with Crippen LogP contribution in [0.4, 0.5) is 15.3 Å². The van der Waals surface area contributed by atoms with Crippen molar-refractivity contribution in [1.82, 2.24) is 21.3 Å². The Morgan fingerprint density at radius 1 is 0.760 bits per heavy atom. The van der Waals surface area contributed by atoms with Crippen LogP contribution in [0.2, 0.25) is 0 Å². The van der Waals surface area contributed by atoms with E-state index >= 15 is 0 Å². The molecule has 2 atom stereocenters. The third-order valence-electron chi connectivity index (χ3n) is 7.54. The van der Waals surface area contributed by atoms with Crippen LogP contribution in [0, 0.1) is 5.92 Å². The number of carbonyl (C=O) groups excluding carboxylic acids is 5. The summed E-state index contributed by atoms with van der Waals surface area (Å²) in [5.41, 5.74) is 6.36. The van der Waals surface area contributed by atoms with Crippen LogP contribution in [-0.4, -0.2) is 95.2 Å². The fourth-order valence-electron chi connectivity index (χ4n) is 4.67. The topological polar surface area (TPSA) is 208 Å². The van der Waals surface area contributed by atoms with E-state index in [0.717, 1.165) is 24.8 Å². The number of methoxy groups -OCH3 is 1. The molecule has 0 saturated heterocycles. The van der Waals surface area contributed by atoms with Gasteiger partial charge in [-0.3, -0.25) is 14.4 Å². The highest BCUT2D eigenvalue weighted by atomic mass is 16.5. The fourth-order valence-corrected chi connectivity index (χ4v) is 4.67. The summed E-state index contributed by atoms with van der Waals surface area (Å²) in [7, 11) is 1.59. The molecule has 284 valence electrons. The molecule has 0 aromatic heterocycles. The lowest BCUT2D eigenvalue weighted by atomic mass is 10.0. The van der Waals surface area contributed by atoms with E-state index in [2.05, 4.69) is 33.5 Å². The summed E-state index contributed by atoms with van der Waals surface area (Å²) < 4.78 is 20.9. The third-order valence-corrected chi connectivity index (χ3v) is 7.54. The maximum absolute atomic E-state index is 13.3. The first-order chi connectivity index (χ1) is 24.1. The van der Waals surface area contributed by atoms with Crippen LogP contribution in [0.5, 0.6) is 0 Å². The normalized spacial score (nSPS) is 12.1. The Balaban J connectivity index is 2.67. The number of hydrogen-bond acceptors (Lipinski definition) is 9. The van der Waals surface area contributed by atoms with Gasteiger partial charge in [-0.15, -0.1) is 0 Å². The van der Waals surface area contributed by atoms with E-state index in [4.69, 9.17) is 24.7 Å². The van der Waals surface area contributed by atoms with E-state index in [9.17, 15) is 24.0 Å². The van der Waals surface area contributed by atoms with Crippen molar-refractivity contribution in [3.63, 3.8) is 0 Å². The molecule has 7 N–H and O–H groups in total. The number of ether oxygens (including phenoxy) is 4. The molecular weight excluding hydrogens is 648 g/mol. The van der Waals surface area contributed by atoms with Crippen LogP contribution < -0.4 is 32.3 Å². The SMILES string of the molecule is CCCCCCCCNC(=O)OCc1ccc(NC(=O)[C@@H](CCCNC(N)=O)NC(=O)[C@H](NC(=O)CCOCCOCCOC)C(C)C)cc1. The second-order valence-electron chi connectivity index (χ2n) is 12.2. The van der Waals surface area contributed by atoms with Gasteiger partial charge in [-0.2, -0.15) is 0 Å². The summed E-state index contributed by atoms with van der Waals surface area (Å²) in [5.74, 6) is -1.65. The number of unbranched alkanes of at least 4 members (excludes halogenated alkanes) is 5. The van der Waals surface area contributed by atoms with Gasteiger partial charge in [-0.25, -0.2) is 9.59 Å². The molecule has 1 rings (SSSR count). The molecule has 0 aliphatic carbocycles. The van der Waals surface area contributed by atoms with Gasteiger partial charge in [0, 0.05) is 32.3 Å². The molecule has 15 nitrogen and oxygen atoms in total. The van der Waals surface area contributed by atoms with E-state index in [1.54, 1.807) is 45.2 Å². The number of anilines is 1. The van der Waals surface area contributed by atoms with Gasteiger partial charge in [0.2, 0.25) is 17.7 Å². The monoisotopic (exact) mass is 708 g/mol. The number of amides is 6. The summed E-state index contributed by atoms with van der Waals surface area (Å²) in [6, 6.07) is 4.22. The number of hydrogen-bond donors (Lipinski definition) is 6. The number of nitrogens with two attached hydrogens (primary N) is 1. The molecule has 1 aromatic carbocycles. The van der Waals surface area contributed by atoms with Crippen molar-refractivity contribution in [3.05, 3.63) is 29.8 Å². The average molecular weight is 709 g/mol. The molecule has 15 heteroatoms. The molecular formula is C35H60N6O9. The number of alkyl carbamates (subject to hydrolysis) is 1. The predicted octanol–water partition coefficient (Wildman–Crippen LogP) is 3.36. The molecule has 0 radical (unpaired) electrons. The Morgan fingerprint density at radius 3 is 2.06 bits per heavy atom. The van der Waals surface area contributed by atoms with Crippen molar-refractivity contribution in [3.8, 4) is 0 Å². The van der Waals surface area contributed by atoms with Gasteiger partial charge >= 0.3 is 12.1 Å². The molecule has 0 aliphatic heterocycles. The first-order valence-electron chi connectivity index (χ1n) is 17.6. The molecule has 0 unspecified atom stereocenters. The van der Waals surface area contributed by atoms with Gasteiger partial charge in [0.05, 0.1) is 33.0 Å². The van der Waals surface area contributed by atoms with Crippen LogP contribution >= 0.6 is 0 Å². The van der Waals surface area contributed by atoms with Crippen LogP contribution in [0.15, 0.2) is 24.3 Å². The Labute approximate surface area is 296 Å². The highest BCUT2D eigenvalue weighted by Crippen LogP contribution is 2.13. The number of urea groups is 1. The Hall–Kier alpha value is -3.95. The molecule has 0 heterocycles. The maximum atomic E-state index is 13.3. The van der Waals surface area contributed by atoms with Crippen molar-refractivity contribution in [2.24, 2.45) is 11.7 Å². The summed E-state index contributed by atoms with van der Waals surface area (Å²) in [4.78, 5) is 62.4. The Morgan fingerprint density at radius 2 is 1.40 bits per heavy atom. The highest BCUT2D eigenvalue weighted by molar-refractivity contribution is 5.98. The molecule has 0 saturated carbocycles. The number of nitrogens with one attached hydrogen (secondary N) is 5. The first kappa shape index (κ1) is 44.1. The summed E-state index contributed by atoms with van der Waals surface area (Å²) in [6.07, 6.45) is 6.88. The number of benzene rings is 1. The molecule has 50 heavy (non-hydrogen) atoms. The minimum Gasteiger partial charge on any atom is -0.445 e. The Kier molecular flexibility index (Phi) is 24.5. The number of carbonyl (C=O) groups is 5. The first-order valence-corrected chi connectivity index (χ1v) is 17.6. The molecule has 0 spiro atoms. The van der Waals surface area contributed by atoms with Crippen LogP contribution in [0.3, 0.4) is 0 Å². The lowest BCUT2D eigenvalue weighted by molar-refractivity contribution is -0.132. The Bertz CT molecular complexity index is 1120. The molecule has 0 bridgehead atoms. The number of primary amides is 1. The molecule has 1 aromatic rings. The second kappa shape index (κ2) is 27.8. The van der Waals surface area contributed by atoms with Gasteiger partial charge in [0.1, 0.15) is 18.7 Å². The zero-order valence-electron chi connectivity index (χ0n) is 30.3. The molecule has 0 fully saturated rings. The summed E-state index contributed by atoms with van der Waals surface area (Å²) in [5, 5.41) is 13.5. The zero-order valence-corrected chi connectivity index (χ0v) is 30.3. The van der Waals surface area contributed by atoms with Crippen molar-refractivity contribution in [2.75, 3.05) is 58.6 Å². The van der Waals surface area contributed by atoms with Gasteiger partial charge in [0.25, 0.3) is 0 Å². The van der Waals surface area contributed by atoms with Crippen LogP contribution in [0.1, 0.15) is 84.1 Å². The van der Waals surface area contributed by atoms with Crippen molar-refractivity contribution >= 4 is 35.5 Å². The van der Waals surface area contributed by atoms with Crippen molar-refractivity contribution in [1.29, 1.82) is 0 Å². The highest BCUT2D eigenvalue weighted by Gasteiger charge is 2.28. The van der Waals surface area contributed by atoms with Crippen LogP contribution in [-0.2, 0) is 39.9 Å². The van der Waals surface area contributed by atoms with E-state index < -0.39 is 36.0 Å². The average Bonchev–Trinajstić information content (AvgIpc) is 3.08. The van der Waals surface area contributed by atoms with Crippen molar-refractivity contribution < 1.29 is 42.9 Å². The van der Waals surface area contributed by atoms with Gasteiger partial charge < -0.3 is 51.3 Å². The van der Waals surface area contributed by atoms with E-state index in [-0.39, 0.29) is 44.4 Å². The molecule has 0 aliphatic rings. The standard InChI is InChI=1S/C35H60N6O9/c1-5-6-7-8-9-10-18-38-35(46)50-25-27-13-15-28(16-14-27)39-32(43)29(12-11-19-37-34(36)45)40-33(44)31(26(2)3)41-30(42)17-20-48-23-24-49-22-21-47-4/h13-16,26,29,31H,5-12,17-25H2,1-4H3,(H,38,46)(H,39,43)(H,40,44)(H,41,42)(H3,36,37,45)/t29-,31-/m1/s1. The van der Waals surface area contributed by atoms with Gasteiger partial charge in [-0.05, 0) is 42.9 Å². The van der Waals surface area contributed by atoms with Gasteiger partial charge in [-0.1, -0.05) is 65.0 Å². The lowest BCUT2D eigenvalue weighted by Crippen LogP contribution is -2.54. The third kappa shape index (κ3) is 21.9. The number of rotatable bonds is 28. The quantitative estimate of drug-likeness (QED) is 0.0705. The van der Waals surface area contributed by atoms with E-state index in [1.165, 1.54) is 19.3 Å². The maximum Gasteiger partial charge on any atom is 0.407 e. The zero-order chi connectivity index (χ0) is 37.0. The second-order valence-corrected chi connectivity index (χ2v) is 12.2. The molecule has 6 amide bonds. The summed E-state index contributed by atoms with van der Waals surface area (Å²) in [6.45, 7) is 8.37. The van der Waals surface area contributed by atoms with E-state index in [0.29, 0.717) is 45.1 Å². The summed E-state index contributed by atoms with van der Waals surface area (Å²) >= 11 is 0. The van der Waals surface area contributed by atoms with Crippen LogP contribution in [0.25, 0.3) is 0 Å². The fraction of sp³-hybridized carbons (Fsp3) is 0.686.